The zero-order valence-corrected chi connectivity index (χ0v) is 14.2. The Hall–Kier alpha value is -1.65. The fourth-order valence-electron chi connectivity index (χ4n) is 3.78. The number of hydrogen-bond donors (Lipinski definition) is 1. The first kappa shape index (κ1) is 14.9. The molecule has 2 N–H and O–H groups in total. The highest BCUT2D eigenvalue weighted by atomic mass is 32.1. The minimum absolute atomic E-state index is 0.740. The van der Waals surface area contributed by atoms with Crippen LogP contribution in [0.1, 0.15) is 29.0 Å². The summed E-state index contributed by atoms with van der Waals surface area (Å²) in [6, 6.07) is 10.8. The van der Waals surface area contributed by atoms with Gasteiger partial charge in [-0.25, -0.2) is 4.98 Å². The van der Waals surface area contributed by atoms with E-state index >= 15 is 0 Å². The molecule has 4 rings (SSSR count). The molecule has 120 valence electrons. The normalized spacial score (nSPS) is 21.7. The van der Waals surface area contributed by atoms with Crippen LogP contribution in [-0.4, -0.2) is 29.5 Å². The SMILES string of the molecule is Nc1nc2c(s1)CC(CN1CC=C(c3ccccc3)CC1)CC2. The third-order valence-electron chi connectivity index (χ3n) is 5.01. The van der Waals surface area contributed by atoms with Crippen molar-refractivity contribution in [1.82, 2.24) is 9.88 Å². The zero-order valence-electron chi connectivity index (χ0n) is 13.4. The highest BCUT2D eigenvalue weighted by Crippen LogP contribution is 2.32. The number of thiazole rings is 1. The van der Waals surface area contributed by atoms with Crippen LogP contribution >= 0.6 is 11.3 Å². The molecule has 23 heavy (non-hydrogen) atoms. The van der Waals surface area contributed by atoms with Gasteiger partial charge in [-0.05, 0) is 42.7 Å². The average molecular weight is 325 g/mol. The Balaban J connectivity index is 1.36. The topological polar surface area (TPSA) is 42.1 Å². The van der Waals surface area contributed by atoms with Gasteiger partial charge in [0.2, 0.25) is 0 Å². The minimum Gasteiger partial charge on any atom is -0.375 e. The summed E-state index contributed by atoms with van der Waals surface area (Å²) in [6.45, 7) is 3.46. The minimum atomic E-state index is 0.740. The van der Waals surface area contributed by atoms with Crippen LogP contribution in [0.15, 0.2) is 36.4 Å². The Morgan fingerprint density at radius 2 is 2.09 bits per heavy atom. The van der Waals surface area contributed by atoms with Crippen molar-refractivity contribution in [3.8, 4) is 0 Å². The maximum absolute atomic E-state index is 5.85. The summed E-state index contributed by atoms with van der Waals surface area (Å²) < 4.78 is 0. The summed E-state index contributed by atoms with van der Waals surface area (Å²) >= 11 is 1.69. The van der Waals surface area contributed by atoms with E-state index in [0.29, 0.717) is 0 Å². The van der Waals surface area contributed by atoms with Gasteiger partial charge in [0.1, 0.15) is 0 Å². The van der Waals surface area contributed by atoms with Gasteiger partial charge in [-0.1, -0.05) is 36.4 Å². The lowest BCUT2D eigenvalue weighted by atomic mass is 9.90. The summed E-state index contributed by atoms with van der Waals surface area (Å²) in [5.41, 5.74) is 9.99. The lowest BCUT2D eigenvalue weighted by Crippen LogP contribution is -2.35. The monoisotopic (exact) mass is 325 g/mol. The molecule has 1 atom stereocenters. The molecule has 2 aromatic rings. The molecule has 1 aliphatic heterocycles. The molecule has 1 aromatic carbocycles. The second-order valence-corrected chi connectivity index (χ2v) is 7.75. The molecule has 0 radical (unpaired) electrons. The molecule has 0 saturated carbocycles. The van der Waals surface area contributed by atoms with E-state index < -0.39 is 0 Å². The molecule has 0 amide bonds. The van der Waals surface area contributed by atoms with Crippen molar-refractivity contribution in [2.75, 3.05) is 25.4 Å². The largest absolute Gasteiger partial charge is 0.375 e. The summed E-state index contributed by atoms with van der Waals surface area (Å²) in [6.07, 6.45) is 7.10. The van der Waals surface area contributed by atoms with Gasteiger partial charge in [-0.2, -0.15) is 0 Å². The van der Waals surface area contributed by atoms with E-state index in [-0.39, 0.29) is 0 Å². The predicted molar refractivity (Wildman–Crippen MR) is 97.5 cm³/mol. The molecule has 2 heterocycles. The van der Waals surface area contributed by atoms with Crippen LogP contribution in [0, 0.1) is 5.92 Å². The highest BCUT2D eigenvalue weighted by molar-refractivity contribution is 7.15. The van der Waals surface area contributed by atoms with E-state index in [0.717, 1.165) is 36.9 Å². The molecule has 0 saturated heterocycles. The number of nitrogens with two attached hydrogens (primary N) is 1. The van der Waals surface area contributed by atoms with Gasteiger partial charge in [0.15, 0.2) is 5.13 Å². The molecular formula is C19H23N3S. The molecule has 2 aliphatic rings. The molecule has 0 spiro atoms. The van der Waals surface area contributed by atoms with E-state index in [2.05, 4.69) is 46.3 Å². The Labute approximate surface area is 141 Å². The molecule has 3 nitrogen and oxygen atoms in total. The van der Waals surface area contributed by atoms with Crippen molar-refractivity contribution in [2.24, 2.45) is 5.92 Å². The van der Waals surface area contributed by atoms with Crippen molar-refractivity contribution >= 4 is 22.0 Å². The van der Waals surface area contributed by atoms with Gasteiger partial charge in [-0.15, -0.1) is 11.3 Å². The number of anilines is 1. The van der Waals surface area contributed by atoms with Crippen molar-refractivity contribution in [3.63, 3.8) is 0 Å². The fourth-order valence-corrected chi connectivity index (χ4v) is 4.77. The maximum Gasteiger partial charge on any atom is 0.180 e. The summed E-state index contributed by atoms with van der Waals surface area (Å²) in [5.74, 6) is 0.758. The Morgan fingerprint density at radius 3 is 2.87 bits per heavy atom. The predicted octanol–water partition coefficient (Wildman–Crippen LogP) is 3.62. The van der Waals surface area contributed by atoms with E-state index in [1.165, 1.54) is 41.2 Å². The second-order valence-electron chi connectivity index (χ2n) is 6.64. The number of fused-ring (bicyclic) bond motifs is 1. The van der Waals surface area contributed by atoms with Gasteiger partial charge in [0.05, 0.1) is 5.69 Å². The molecule has 0 fully saturated rings. The van der Waals surface area contributed by atoms with E-state index in [4.69, 9.17) is 5.73 Å². The van der Waals surface area contributed by atoms with E-state index in [9.17, 15) is 0 Å². The summed E-state index contributed by atoms with van der Waals surface area (Å²) in [5, 5.41) is 0.740. The van der Waals surface area contributed by atoms with Gasteiger partial charge < -0.3 is 5.73 Å². The molecule has 4 heteroatoms. The third-order valence-corrected chi connectivity index (χ3v) is 5.96. The lowest BCUT2D eigenvalue weighted by Gasteiger charge is -2.31. The Bertz CT molecular complexity index is 705. The summed E-state index contributed by atoms with van der Waals surface area (Å²) in [7, 11) is 0. The van der Waals surface area contributed by atoms with Gasteiger partial charge in [-0.3, -0.25) is 4.90 Å². The molecule has 0 bridgehead atoms. The number of rotatable bonds is 3. The van der Waals surface area contributed by atoms with E-state index in [1.807, 2.05) is 0 Å². The molecular weight excluding hydrogens is 302 g/mol. The van der Waals surface area contributed by atoms with Crippen LogP contribution in [0.2, 0.25) is 0 Å². The second kappa shape index (κ2) is 6.46. The van der Waals surface area contributed by atoms with Crippen LogP contribution < -0.4 is 5.73 Å². The van der Waals surface area contributed by atoms with Crippen LogP contribution in [-0.2, 0) is 12.8 Å². The first-order valence-electron chi connectivity index (χ1n) is 8.49. The number of benzene rings is 1. The molecule has 1 unspecified atom stereocenters. The lowest BCUT2D eigenvalue weighted by molar-refractivity contribution is 0.238. The smallest absolute Gasteiger partial charge is 0.180 e. The first-order chi connectivity index (χ1) is 11.3. The van der Waals surface area contributed by atoms with Crippen molar-refractivity contribution < 1.29 is 0 Å². The third kappa shape index (κ3) is 3.33. The number of aryl methyl sites for hydroxylation is 1. The number of nitrogen functional groups attached to an aromatic ring is 1. The van der Waals surface area contributed by atoms with Crippen molar-refractivity contribution in [2.45, 2.75) is 25.7 Å². The number of aromatic nitrogens is 1. The van der Waals surface area contributed by atoms with Gasteiger partial charge in [0, 0.05) is 24.5 Å². The van der Waals surface area contributed by atoms with Crippen LogP contribution in [0.4, 0.5) is 5.13 Å². The maximum atomic E-state index is 5.85. The molecule has 1 aromatic heterocycles. The fraction of sp³-hybridized carbons (Fsp3) is 0.421. The first-order valence-corrected chi connectivity index (χ1v) is 9.30. The quantitative estimate of drug-likeness (QED) is 0.937. The van der Waals surface area contributed by atoms with Crippen LogP contribution in [0.3, 0.4) is 0 Å². The number of nitrogens with zero attached hydrogens (tertiary/aromatic N) is 2. The van der Waals surface area contributed by atoms with Gasteiger partial charge in [0.25, 0.3) is 0 Å². The van der Waals surface area contributed by atoms with Crippen molar-refractivity contribution in [1.29, 1.82) is 0 Å². The number of hydrogen-bond acceptors (Lipinski definition) is 4. The standard InChI is InChI=1S/C19H23N3S/c20-19-21-17-7-6-14(12-18(17)23-19)13-22-10-8-16(9-11-22)15-4-2-1-3-5-15/h1-5,8,14H,6-7,9-13H2,(H2,20,21). The van der Waals surface area contributed by atoms with Crippen molar-refractivity contribution in [3.05, 3.63) is 52.5 Å². The summed E-state index contributed by atoms with van der Waals surface area (Å²) in [4.78, 5) is 8.48. The van der Waals surface area contributed by atoms with Crippen LogP contribution in [0.5, 0.6) is 0 Å². The Kier molecular flexibility index (Phi) is 4.19. The zero-order chi connectivity index (χ0) is 15.6. The average Bonchev–Trinajstić information content (AvgIpc) is 2.96. The van der Waals surface area contributed by atoms with Crippen LogP contribution in [0.25, 0.3) is 5.57 Å². The molecule has 1 aliphatic carbocycles. The Morgan fingerprint density at radius 1 is 1.22 bits per heavy atom. The van der Waals surface area contributed by atoms with E-state index in [1.54, 1.807) is 11.3 Å². The highest BCUT2D eigenvalue weighted by Gasteiger charge is 2.24. The van der Waals surface area contributed by atoms with Gasteiger partial charge >= 0.3 is 0 Å².